The Bertz CT molecular complexity index is 1090. The fourth-order valence-corrected chi connectivity index (χ4v) is 4.67. The summed E-state index contributed by atoms with van der Waals surface area (Å²) >= 11 is 0. The Morgan fingerprint density at radius 2 is 1.67 bits per heavy atom. The van der Waals surface area contributed by atoms with E-state index in [2.05, 4.69) is 25.8 Å². The second-order valence-electron chi connectivity index (χ2n) is 10.4. The number of hydrogen-bond acceptors (Lipinski definition) is 6. The van der Waals surface area contributed by atoms with Crippen LogP contribution in [-0.2, 0) is 4.74 Å². The van der Waals surface area contributed by atoms with Gasteiger partial charge in [0.1, 0.15) is 11.3 Å². The predicted molar refractivity (Wildman–Crippen MR) is 138 cm³/mol. The molecular weight excluding hydrogens is 458 g/mol. The number of benzene rings is 1. The van der Waals surface area contributed by atoms with Crippen molar-refractivity contribution in [2.75, 3.05) is 23.7 Å². The van der Waals surface area contributed by atoms with E-state index in [-0.39, 0.29) is 11.6 Å². The van der Waals surface area contributed by atoms with Crippen LogP contribution in [0.25, 0.3) is 0 Å². The van der Waals surface area contributed by atoms with E-state index in [0.717, 1.165) is 13.0 Å². The van der Waals surface area contributed by atoms with Crippen molar-refractivity contribution in [3.63, 3.8) is 0 Å². The minimum Gasteiger partial charge on any atom is -0.444 e. The SMILES string of the molecule is CC(C)(C)OC(=O)Nc1ccccc1NC(=O)c1ccc(C(=O)NCC2CCN2C2CCCC2)nc1. The first kappa shape index (κ1) is 25.6. The van der Waals surface area contributed by atoms with Gasteiger partial charge in [0, 0.05) is 31.4 Å². The van der Waals surface area contributed by atoms with Gasteiger partial charge in [-0.05, 0) is 64.3 Å². The van der Waals surface area contributed by atoms with Gasteiger partial charge in [0.25, 0.3) is 11.8 Å². The largest absolute Gasteiger partial charge is 0.444 e. The number of ether oxygens (including phenoxy) is 1. The molecule has 1 saturated heterocycles. The molecule has 4 rings (SSSR count). The molecular formula is C27H35N5O4. The molecule has 3 N–H and O–H groups in total. The third-order valence-electron chi connectivity index (χ3n) is 6.55. The number of likely N-dealkylation sites (tertiary alicyclic amines) is 1. The average Bonchev–Trinajstić information content (AvgIpc) is 3.32. The van der Waals surface area contributed by atoms with Crippen molar-refractivity contribution < 1.29 is 19.1 Å². The molecule has 9 heteroatoms. The third kappa shape index (κ3) is 6.60. The van der Waals surface area contributed by atoms with Crippen molar-refractivity contribution in [1.82, 2.24) is 15.2 Å². The van der Waals surface area contributed by atoms with Crippen molar-refractivity contribution in [1.29, 1.82) is 0 Å². The lowest BCUT2D eigenvalue weighted by molar-refractivity contribution is 0.0425. The highest BCUT2D eigenvalue weighted by molar-refractivity contribution is 6.07. The van der Waals surface area contributed by atoms with Crippen molar-refractivity contribution in [3.05, 3.63) is 53.9 Å². The molecule has 1 aromatic carbocycles. The number of nitrogens with zero attached hydrogens (tertiary/aromatic N) is 2. The standard InChI is InChI=1S/C27H35N5O4/c1-27(2,3)36-26(35)31-22-11-7-6-10-21(22)30-24(33)18-12-13-23(28-16-18)25(34)29-17-20-14-15-32(20)19-8-4-5-9-19/h6-7,10-13,16,19-20H,4-5,8-9,14-15,17H2,1-3H3,(H,29,34)(H,30,33)(H,31,35). The minimum atomic E-state index is -0.644. The van der Waals surface area contributed by atoms with Crippen LogP contribution in [0.3, 0.4) is 0 Å². The van der Waals surface area contributed by atoms with Crippen LogP contribution < -0.4 is 16.0 Å². The van der Waals surface area contributed by atoms with E-state index < -0.39 is 17.6 Å². The zero-order valence-corrected chi connectivity index (χ0v) is 21.2. The van der Waals surface area contributed by atoms with Crippen molar-refractivity contribution >= 4 is 29.3 Å². The number of rotatable bonds is 7. The molecule has 0 bridgehead atoms. The monoisotopic (exact) mass is 493 g/mol. The number of carbonyl (C=O) groups is 3. The van der Waals surface area contributed by atoms with E-state index in [1.807, 2.05) is 0 Å². The Morgan fingerprint density at radius 1 is 0.972 bits per heavy atom. The molecule has 1 aliphatic carbocycles. The summed E-state index contributed by atoms with van der Waals surface area (Å²) in [7, 11) is 0. The van der Waals surface area contributed by atoms with Crippen LogP contribution in [-0.4, -0.2) is 58.6 Å². The van der Waals surface area contributed by atoms with Crippen molar-refractivity contribution in [2.24, 2.45) is 0 Å². The molecule has 192 valence electrons. The van der Waals surface area contributed by atoms with Gasteiger partial charge in [-0.3, -0.25) is 24.8 Å². The number of nitrogens with one attached hydrogen (secondary N) is 3. The molecule has 2 heterocycles. The van der Waals surface area contributed by atoms with Gasteiger partial charge in [-0.2, -0.15) is 0 Å². The summed E-state index contributed by atoms with van der Waals surface area (Å²) in [6, 6.07) is 11.0. The maximum Gasteiger partial charge on any atom is 0.412 e. The Kier molecular flexibility index (Phi) is 7.88. The summed E-state index contributed by atoms with van der Waals surface area (Å²) in [6.07, 6.45) is 6.99. The van der Waals surface area contributed by atoms with E-state index in [1.165, 1.54) is 31.9 Å². The average molecular weight is 494 g/mol. The van der Waals surface area contributed by atoms with Gasteiger partial charge in [0.05, 0.1) is 16.9 Å². The van der Waals surface area contributed by atoms with Crippen LogP contribution in [0.2, 0.25) is 0 Å². The van der Waals surface area contributed by atoms with Crippen LogP contribution in [0.15, 0.2) is 42.6 Å². The maximum absolute atomic E-state index is 12.8. The summed E-state index contributed by atoms with van der Waals surface area (Å²) in [5.74, 6) is -0.651. The molecule has 0 radical (unpaired) electrons. The zero-order valence-electron chi connectivity index (χ0n) is 21.2. The molecule has 1 atom stereocenters. The summed E-state index contributed by atoms with van der Waals surface area (Å²) in [5, 5.41) is 8.42. The second kappa shape index (κ2) is 11.1. The molecule has 2 aromatic rings. The number of anilines is 2. The van der Waals surface area contributed by atoms with Crippen LogP contribution in [0.4, 0.5) is 16.2 Å². The van der Waals surface area contributed by atoms with E-state index in [0.29, 0.717) is 35.6 Å². The number of hydrogen-bond donors (Lipinski definition) is 3. The van der Waals surface area contributed by atoms with Crippen molar-refractivity contribution in [3.8, 4) is 0 Å². The van der Waals surface area contributed by atoms with E-state index in [9.17, 15) is 14.4 Å². The molecule has 2 fully saturated rings. The highest BCUT2D eigenvalue weighted by atomic mass is 16.6. The van der Waals surface area contributed by atoms with E-state index in [4.69, 9.17) is 4.74 Å². The summed E-state index contributed by atoms with van der Waals surface area (Å²) in [4.78, 5) is 44.2. The van der Waals surface area contributed by atoms with Crippen LogP contribution in [0.5, 0.6) is 0 Å². The quantitative estimate of drug-likeness (QED) is 0.526. The maximum atomic E-state index is 12.8. The number of pyridine rings is 1. The fraction of sp³-hybridized carbons (Fsp3) is 0.481. The molecule has 1 unspecified atom stereocenters. The first-order valence-corrected chi connectivity index (χ1v) is 12.6. The lowest BCUT2D eigenvalue weighted by atomic mass is 9.98. The predicted octanol–water partition coefficient (Wildman–Crippen LogP) is 4.43. The topological polar surface area (TPSA) is 113 Å². The Morgan fingerprint density at radius 3 is 2.25 bits per heavy atom. The fourth-order valence-electron chi connectivity index (χ4n) is 4.67. The molecule has 1 aromatic heterocycles. The number of amides is 3. The highest BCUT2D eigenvalue weighted by Gasteiger charge is 2.35. The van der Waals surface area contributed by atoms with Gasteiger partial charge < -0.3 is 15.4 Å². The summed E-state index contributed by atoms with van der Waals surface area (Å²) in [5.41, 5.74) is 0.749. The molecule has 36 heavy (non-hydrogen) atoms. The van der Waals surface area contributed by atoms with Gasteiger partial charge in [0.15, 0.2) is 0 Å². The summed E-state index contributed by atoms with van der Waals surface area (Å²) in [6.45, 7) is 7.05. The molecule has 9 nitrogen and oxygen atoms in total. The van der Waals surface area contributed by atoms with Crippen molar-refractivity contribution in [2.45, 2.75) is 70.6 Å². The Hall–Kier alpha value is -3.46. The van der Waals surface area contributed by atoms with Gasteiger partial charge in [-0.25, -0.2) is 4.79 Å². The second-order valence-corrected chi connectivity index (χ2v) is 10.4. The highest BCUT2D eigenvalue weighted by Crippen LogP contribution is 2.30. The van der Waals surface area contributed by atoms with Gasteiger partial charge in [0.2, 0.25) is 0 Å². The lowest BCUT2D eigenvalue weighted by Gasteiger charge is -2.45. The lowest BCUT2D eigenvalue weighted by Crippen LogP contribution is -2.56. The van der Waals surface area contributed by atoms with Gasteiger partial charge >= 0.3 is 6.09 Å². The molecule has 0 spiro atoms. The minimum absolute atomic E-state index is 0.243. The first-order valence-electron chi connectivity index (χ1n) is 12.6. The zero-order chi connectivity index (χ0) is 25.7. The van der Waals surface area contributed by atoms with Crippen LogP contribution >= 0.6 is 0 Å². The third-order valence-corrected chi connectivity index (χ3v) is 6.55. The number of aromatic nitrogens is 1. The summed E-state index contributed by atoms with van der Waals surface area (Å²) < 4.78 is 5.29. The number of carbonyl (C=O) groups excluding carboxylic acids is 3. The normalized spacial score (nSPS) is 18.2. The first-order chi connectivity index (χ1) is 17.2. The van der Waals surface area contributed by atoms with Crippen LogP contribution in [0, 0.1) is 0 Å². The molecule has 3 amide bonds. The van der Waals surface area contributed by atoms with Gasteiger partial charge in [-0.1, -0.05) is 25.0 Å². The number of para-hydroxylation sites is 2. The Labute approximate surface area is 212 Å². The smallest absolute Gasteiger partial charge is 0.412 e. The van der Waals surface area contributed by atoms with E-state index >= 15 is 0 Å². The van der Waals surface area contributed by atoms with Gasteiger partial charge in [-0.15, -0.1) is 0 Å². The molecule has 2 aliphatic rings. The Balaban J connectivity index is 1.31. The molecule has 1 saturated carbocycles. The molecule has 1 aliphatic heterocycles. The van der Waals surface area contributed by atoms with E-state index in [1.54, 1.807) is 57.2 Å². The van der Waals surface area contributed by atoms with Crippen LogP contribution in [0.1, 0.15) is 73.7 Å².